The minimum atomic E-state index is -0.862. The lowest BCUT2D eigenvalue weighted by molar-refractivity contribution is 0.419. The second-order valence-electron chi connectivity index (χ2n) is 5.57. The minimum absolute atomic E-state index is 0.351. The van der Waals surface area contributed by atoms with E-state index in [1.807, 2.05) is 12.1 Å². The van der Waals surface area contributed by atoms with Crippen LogP contribution in [0, 0.1) is 11.6 Å². The van der Waals surface area contributed by atoms with Crippen molar-refractivity contribution in [3.05, 3.63) is 70.8 Å². The highest BCUT2D eigenvalue weighted by atomic mass is 19.2. The molecular weight excluding hydrogens is 270 g/mol. The predicted octanol–water partition coefficient (Wildman–Crippen LogP) is 3.79. The van der Waals surface area contributed by atoms with Crippen molar-refractivity contribution in [2.45, 2.75) is 31.2 Å². The highest BCUT2D eigenvalue weighted by molar-refractivity contribution is 5.35. The van der Waals surface area contributed by atoms with Crippen LogP contribution in [0.5, 0.6) is 0 Å². The van der Waals surface area contributed by atoms with Gasteiger partial charge < -0.3 is 0 Å². The topological polar surface area (TPSA) is 38.0 Å². The maximum Gasteiger partial charge on any atom is 0.159 e. The van der Waals surface area contributed by atoms with Crippen LogP contribution in [0.4, 0.5) is 8.78 Å². The van der Waals surface area contributed by atoms with Gasteiger partial charge in [0.05, 0.1) is 6.04 Å². The Bertz CT molecular complexity index is 621. The Morgan fingerprint density at radius 2 is 1.62 bits per heavy atom. The van der Waals surface area contributed by atoms with E-state index in [0.29, 0.717) is 11.5 Å². The lowest BCUT2D eigenvalue weighted by Gasteiger charge is -2.26. The predicted molar refractivity (Wildman–Crippen MR) is 78.6 cm³/mol. The van der Waals surface area contributed by atoms with Gasteiger partial charge in [0.15, 0.2) is 11.6 Å². The van der Waals surface area contributed by atoms with Crippen molar-refractivity contribution in [3.63, 3.8) is 0 Å². The lowest BCUT2D eigenvalue weighted by Crippen LogP contribution is -2.29. The van der Waals surface area contributed by atoms with Gasteiger partial charge in [0.25, 0.3) is 0 Å². The van der Waals surface area contributed by atoms with Crippen molar-refractivity contribution in [2.24, 2.45) is 5.84 Å². The summed E-state index contributed by atoms with van der Waals surface area (Å²) in [6, 6.07) is 11.7. The van der Waals surface area contributed by atoms with Crippen molar-refractivity contribution in [3.8, 4) is 0 Å². The zero-order valence-electron chi connectivity index (χ0n) is 11.7. The van der Waals surface area contributed by atoms with Crippen LogP contribution in [-0.2, 0) is 0 Å². The smallest absolute Gasteiger partial charge is 0.159 e. The van der Waals surface area contributed by atoms with Crippen molar-refractivity contribution >= 4 is 0 Å². The fourth-order valence-corrected chi connectivity index (χ4v) is 2.78. The van der Waals surface area contributed by atoms with E-state index >= 15 is 0 Å². The van der Waals surface area contributed by atoms with Crippen LogP contribution in [0.3, 0.4) is 0 Å². The van der Waals surface area contributed by atoms with Crippen LogP contribution >= 0.6 is 0 Å². The maximum atomic E-state index is 13.4. The van der Waals surface area contributed by atoms with E-state index in [9.17, 15) is 8.78 Å². The summed E-state index contributed by atoms with van der Waals surface area (Å²) < 4.78 is 26.4. The number of rotatable bonds is 4. The van der Waals surface area contributed by atoms with Crippen LogP contribution in [0.15, 0.2) is 42.5 Å². The van der Waals surface area contributed by atoms with Crippen LogP contribution in [0.25, 0.3) is 0 Å². The first-order chi connectivity index (χ1) is 10.2. The number of benzene rings is 2. The van der Waals surface area contributed by atoms with Crippen LogP contribution in [-0.4, -0.2) is 0 Å². The molecule has 1 aliphatic carbocycles. The van der Waals surface area contributed by atoms with Gasteiger partial charge in [0.2, 0.25) is 0 Å². The summed E-state index contributed by atoms with van der Waals surface area (Å²) in [6.07, 6.45) is 3.80. The van der Waals surface area contributed by atoms with Crippen molar-refractivity contribution < 1.29 is 8.78 Å². The summed E-state index contributed by atoms with van der Waals surface area (Å²) in [7, 11) is 0. The minimum Gasteiger partial charge on any atom is -0.271 e. The number of hydrogen-bond acceptors (Lipinski definition) is 2. The van der Waals surface area contributed by atoms with E-state index in [-0.39, 0.29) is 6.04 Å². The Kier molecular flexibility index (Phi) is 3.99. The Morgan fingerprint density at radius 3 is 2.14 bits per heavy atom. The first kappa shape index (κ1) is 14.2. The quantitative estimate of drug-likeness (QED) is 0.663. The SMILES string of the molecule is NNC(c1ccc(C2CCC2)cc1)c1ccc(F)c(F)c1. The summed E-state index contributed by atoms with van der Waals surface area (Å²) in [4.78, 5) is 0. The van der Waals surface area contributed by atoms with Gasteiger partial charge in [-0.15, -0.1) is 0 Å². The molecule has 21 heavy (non-hydrogen) atoms. The van der Waals surface area contributed by atoms with E-state index in [0.717, 1.165) is 11.6 Å². The monoisotopic (exact) mass is 288 g/mol. The molecule has 0 amide bonds. The first-order valence-electron chi connectivity index (χ1n) is 7.20. The highest BCUT2D eigenvalue weighted by Crippen LogP contribution is 2.36. The molecule has 0 spiro atoms. The van der Waals surface area contributed by atoms with Gasteiger partial charge in [-0.25, -0.2) is 14.2 Å². The third kappa shape index (κ3) is 2.82. The van der Waals surface area contributed by atoms with E-state index < -0.39 is 11.6 Å². The van der Waals surface area contributed by atoms with Gasteiger partial charge in [-0.1, -0.05) is 36.8 Å². The molecule has 1 aliphatic rings. The number of hydrazine groups is 1. The van der Waals surface area contributed by atoms with Gasteiger partial charge in [-0.3, -0.25) is 5.84 Å². The zero-order chi connectivity index (χ0) is 14.8. The standard InChI is InChI=1S/C17H18F2N2/c18-15-9-8-14(10-16(15)19)17(21-20)13-6-4-12(5-7-13)11-2-1-3-11/h4-11,17,21H,1-3,20H2. The average Bonchev–Trinajstić information content (AvgIpc) is 2.43. The van der Waals surface area contributed by atoms with E-state index in [4.69, 9.17) is 5.84 Å². The molecule has 3 rings (SSSR count). The van der Waals surface area contributed by atoms with E-state index in [2.05, 4.69) is 17.6 Å². The first-order valence-corrected chi connectivity index (χ1v) is 7.20. The Balaban J connectivity index is 1.86. The van der Waals surface area contributed by atoms with Gasteiger partial charge in [-0.05, 0) is 47.6 Å². The largest absolute Gasteiger partial charge is 0.271 e. The molecule has 3 N–H and O–H groups in total. The molecule has 1 saturated carbocycles. The lowest BCUT2D eigenvalue weighted by atomic mass is 9.79. The molecule has 2 aromatic carbocycles. The Morgan fingerprint density at radius 1 is 0.952 bits per heavy atom. The number of nitrogens with one attached hydrogen (secondary N) is 1. The molecule has 0 aliphatic heterocycles. The summed E-state index contributed by atoms with van der Waals surface area (Å²) in [6.45, 7) is 0. The van der Waals surface area contributed by atoms with Crippen molar-refractivity contribution in [1.82, 2.24) is 5.43 Å². The number of halogens is 2. The summed E-state index contributed by atoms with van der Waals surface area (Å²) >= 11 is 0. The summed E-state index contributed by atoms with van der Waals surface area (Å²) in [5, 5.41) is 0. The molecule has 1 atom stereocenters. The molecule has 4 heteroatoms. The number of nitrogens with two attached hydrogens (primary N) is 1. The second kappa shape index (κ2) is 5.92. The Hall–Kier alpha value is -1.78. The fourth-order valence-electron chi connectivity index (χ4n) is 2.78. The molecule has 0 radical (unpaired) electrons. The highest BCUT2D eigenvalue weighted by Gasteiger charge is 2.20. The molecule has 0 bridgehead atoms. The molecule has 0 saturated heterocycles. The molecule has 1 fully saturated rings. The molecule has 1 unspecified atom stereocenters. The van der Waals surface area contributed by atoms with Crippen LogP contribution in [0.1, 0.15) is 47.9 Å². The van der Waals surface area contributed by atoms with Gasteiger partial charge in [-0.2, -0.15) is 0 Å². The van der Waals surface area contributed by atoms with Gasteiger partial charge in [0.1, 0.15) is 0 Å². The molecule has 0 aromatic heterocycles. The molecule has 2 nitrogen and oxygen atoms in total. The van der Waals surface area contributed by atoms with Crippen LogP contribution in [0.2, 0.25) is 0 Å². The third-order valence-electron chi connectivity index (χ3n) is 4.29. The van der Waals surface area contributed by atoms with Gasteiger partial charge in [0, 0.05) is 0 Å². The molecule has 0 heterocycles. The van der Waals surface area contributed by atoms with Gasteiger partial charge >= 0.3 is 0 Å². The molecular formula is C17H18F2N2. The van der Waals surface area contributed by atoms with Crippen molar-refractivity contribution in [2.75, 3.05) is 0 Å². The summed E-state index contributed by atoms with van der Waals surface area (Å²) in [5.41, 5.74) is 5.55. The van der Waals surface area contributed by atoms with E-state index in [1.54, 1.807) is 6.07 Å². The summed E-state index contributed by atoms with van der Waals surface area (Å²) in [5.74, 6) is 4.55. The third-order valence-corrected chi connectivity index (χ3v) is 4.29. The second-order valence-corrected chi connectivity index (χ2v) is 5.57. The van der Waals surface area contributed by atoms with Crippen LogP contribution < -0.4 is 11.3 Å². The zero-order valence-corrected chi connectivity index (χ0v) is 11.7. The average molecular weight is 288 g/mol. The molecule has 2 aromatic rings. The Labute approximate surface area is 122 Å². The molecule has 110 valence electrons. The maximum absolute atomic E-state index is 13.4. The van der Waals surface area contributed by atoms with Crippen molar-refractivity contribution in [1.29, 1.82) is 0 Å². The number of hydrogen-bond donors (Lipinski definition) is 2. The normalized spacial score (nSPS) is 16.5. The fraction of sp³-hybridized carbons (Fsp3) is 0.294. The van der Waals surface area contributed by atoms with E-state index in [1.165, 1.54) is 30.9 Å².